The third-order valence-electron chi connectivity index (χ3n) is 5.37. The van der Waals surface area contributed by atoms with Crippen LogP contribution < -0.4 is 4.90 Å². The number of thiazole rings is 1. The minimum Gasteiger partial charge on any atom is -0.282 e. The van der Waals surface area contributed by atoms with Crippen LogP contribution in [-0.2, 0) is 16.6 Å². The van der Waals surface area contributed by atoms with Crippen molar-refractivity contribution in [3.63, 3.8) is 0 Å². The van der Waals surface area contributed by atoms with Gasteiger partial charge in [0.2, 0.25) is 10.0 Å². The van der Waals surface area contributed by atoms with Crippen LogP contribution in [-0.4, -0.2) is 53.0 Å². The van der Waals surface area contributed by atoms with Crippen molar-refractivity contribution >= 4 is 42.6 Å². The van der Waals surface area contributed by atoms with Crippen LogP contribution >= 0.6 is 11.3 Å². The van der Waals surface area contributed by atoms with Crippen molar-refractivity contribution in [1.29, 1.82) is 0 Å². The van der Waals surface area contributed by atoms with E-state index in [9.17, 15) is 17.6 Å². The molecule has 34 heavy (non-hydrogen) atoms. The van der Waals surface area contributed by atoms with E-state index in [4.69, 9.17) is 0 Å². The summed E-state index contributed by atoms with van der Waals surface area (Å²) in [6, 6.07) is 12.0. The zero-order valence-electron chi connectivity index (χ0n) is 18.8. The second-order valence-corrected chi connectivity index (χ2v) is 10.4. The van der Waals surface area contributed by atoms with Crippen LogP contribution in [0.25, 0.3) is 10.2 Å². The Hall–Kier alpha value is -3.15. The van der Waals surface area contributed by atoms with Gasteiger partial charge in [-0.15, -0.1) is 0 Å². The number of halogens is 1. The highest BCUT2D eigenvalue weighted by atomic mass is 32.2. The molecule has 4 rings (SSSR count). The van der Waals surface area contributed by atoms with Crippen LogP contribution in [0.3, 0.4) is 0 Å². The average Bonchev–Trinajstić information content (AvgIpc) is 3.49. The molecule has 4 aromatic rings. The van der Waals surface area contributed by atoms with Crippen LogP contribution in [0.1, 0.15) is 24.2 Å². The number of nitrogens with zero attached hydrogens (tertiary/aromatic N) is 5. The van der Waals surface area contributed by atoms with Gasteiger partial charge >= 0.3 is 0 Å². The Morgan fingerprint density at radius 3 is 2.50 bits per heavy atom. The van der Waals surface area contributed by atoms with E-state index in [2.05, 4.69) is 10.1 Å². The third-order valence-corrected chi connectivity index (χ3v) is 8.48. The number of anilines is 1. The molecule has 0 aliphatic rings. The van der Waals surface area contributed by atoms with Gasteiger partial charge in [0.05, 0.1) is 21.7 Å². The largest absolute Gasteiger partial charge is 0.282 e. The predicted octanol–water partition coefficient (Wildman–Crippen LogP) is 4.01. The van der Waals surface area contributed by atoms with E-state index in [1.54, 1.807) is 43.1 Å². The monoisotopic (exact) mass is 501 g/mol. The Labute approximate surface area is 201 Å². The highest BCUT2D eigenvalue weighted by Gasteiger charge is 2.24. The second-order valence-electron chi connectivity index (χ2n) is 7.45. The summed E-state index contributed by atoms with van der Waals surface area (Å²) >= 11 is 1.22. The lowest BCUT2D eigenvalue weighted by atomic mass is 10.2. The van der Waals surface area contributed by atoms with Gasteiger partial charge in [0.1, 0.15) is 5.82 Å². The minimum atomic E-state index is -3.63. The number of carbonyl (C=O) groups excluding carboxylic acids is 1. The van der Waals surface area contributed by atoms with Crippen molar-refractivity contribution in [2.24, 2.45) is 0 Å². The summed E-state index contributed by atoms with van der Waals surface area (Å²) in [6.07, 6.45) is 3.45. The highest BCUT2D eigenvalue weighted by molar-refractivity contribution is 7.89. The quantitative estimate of drug-likeness (QED) is 0.346. The van der Waals surface area contributed by atoms with Crippen LogP contribution in [0.5, 0.6) is 0 Å². The summed E-state index contributed by atoms with van der Waals surface area (Å²) in [5, 5.41) is 4.61. The molecule has 11 heteroatoms. The van der Waals surface area contributed by atoms with Crippen molar-refractivity contribution in [1.82, 2.24) is 19.1 Å². The SMILES string of the molecule is CCN(CC)S(=O)(=O)c1ccc(C(=O)N(CCn2cccn2)c2nc3ccc(F)cc3s2)cc1. The van der Waals surface area contributed by atoms with Gasteiger partial charge in [0, 0.05) is 37.6 Å². The Morgan fingerprint density at radius 1 is 1.12 bits per heavy atom. The van der Waals surface area contributed by atoms with Crippen molar-refractivity contribution in [2.75, 3.05) is 24.5 Å². The molecule has 0 saturated carbocycles. The number of carbonyl (C=O) groups is 1. The predicted molar refractivity (Wildman–Crippen MR) is 130 cm³/mol. The normalized spacial score (nSPS) is 11.9. The molecule has 0 saturated heterocycles. The fourth-order valence-electron chi connectivity index (χ4n) is 3.56. The van der Waals surface area contributed by atoms with Gasteiger partial charge in [0.25, 0.3) is 5.91 Å². The summed E-state index contributed by atoms with van der Waals surface area (Å²) in [6.45, 7) is 4.98. The number of sulfonamides is 1. The Bertz CT molecular complexity index is 1380. The molecule has 0 radical (unpaired) electrons. The van der Waals surface area contributed by atoms with E-state index in [1.807, 2.05) is 0 Å². The zero-order chi connectivity index (χ0) is 24.3. The van der Waals surface area contributed by atoms with E-state index in [1.165, 1.54) is 56.9 Å². The Morgan fingerprint density at radius 2 is 1.85 bits per heavy atom. The van der Waals surface area contributed by atoms with Gasteiger partial charge in [-0.25, -0.2) is 17.8 Å². The summed E-state index contributed by atoms with van der Waals surface area (Å²) in [7, 11) is -3.63. The Balaban J connectivity index is 1.65. The third kappa shape index (κ3) is 4.86. The van der Waals surface area contributed by atoms with E-state index in [0.717, 1.165) is 0 Å². The van der Waals surface area contributed by atoms with Crippen molar-refractivity contribution in [3.8, 4) is 0 Å². The molecule has 178 valence electrons. The number of benzene rings is 2. The van der Waals surface area contributed by atoms with Crippen LogP contribution in [0.15, 0.2) is 65.8 Å². The second kappa shape index (κ2) is 10.00. The molecular formula is C23H24FN5O3S2. The Kier molecular flexibility index (Phi) is 7.05. The number of fused-ring (bicyclic) bond motifs is 1. The van der Waals surface area contributed by atoms with Crippen LogP contribution in [0, 0.1) is 5.82 Å². The molecule has 0 aliphatic carbocycles. The van der Waals surface area contributed by atoms with E-state index >= 15 is 0 Å². The number of aromatic nitrogens is 3. The van der Waals surface area contributed by atoms with Gasteiger partial charge in [-0.2, -0.15) is 9.40 Å². The molecule has 0 unspecified atom stereocenters. The van der Waals surface area contributed by atoms with E-state index in [0.29, 0.717) is 40.5 Å². The fourth-order valence-corrected chi connectivity index (χ4v) is 6.03. The van der Waals surface area contributed by atoms with Gasteiger partial charge < -0.3 is 0 Å². The van der Waals surface area contributed by atoms with Gasteiger partial charge in [-0.05, 0) is 48.5 Å². The first-order chi connectivity index (χ1) is 16.3. The molecular weight excluding hydrogens is 477 g/mol. The number of hydrogen-bond acceptors (Lipinski definition) is 6. The molecule has 2 aromatic heterocycles. The number of rotatable bonds is 9. The van der Waals surface area contributed by atoms with Crippen molar-refractivity contribution < 1.29 is 17.6 Å². The standard InChI is InChI=1S/C23H24FN5O3S2/c1-3-28(4-2)34(31,32)19-9-6-17(7-10-19)22(30)29(15-14-27-13-5-12-25-27)23-26-20-11-8-18(24)16-21(20)33-23/h5-13,16H,3-4,14-15H2,1-2H3. The number of amides is 1. The number of hydrogen-bond donors (Lipinski definition) is 0. The first-order valence-electron chi connectivity index (χ1n) is 10.8. The fraction of sp³-hybridized carbons (Fsp3) is 0.261. The maximum atomic E-state index is 13.7. The van der Waals surface area contributed by atoms with Crippen LogP contribution in [0.2, 0.25) is 0 Å². The first kappa shape index (κ1) is 24.0. The molecule has 1 amide bonds. The van der Waals surface area contributed by atoms with E-state index in [-0.39, 0.29) is 23.2 Å². The highest BCUT2D eigenvalue weighted by Crippen LogP contribution is 2.30. The molecule has 8 nitrogen and oxygen atoms in total. The summed E-state index contributed by atoms with van der Waals surface area (Å²) < 4.78 is 42.9. The molecule has 0 spiro atoms. The zero-order valence-corrected chi connectivity index (χ0v) is 20.4. The lowest BCUT2D eigenvalue weighted by Gasteiger charge is -2.21. The summed E-state index contributed by atoms with van der Waals surface area (Å²) in [4.78, 5) is 19.7. The first-order valence-corrected chi connectivity index (χ1v) is 13.0. The molecule has 2 heterocycles. The molecule has 0 aliphatic heterocycles. The molecule has 2 aromatic carbocycles. The van der Waals surface area contributed by atoms with Gasteiger partial charge in [-0.3, -0.25) is 14.4 Å². The van der Waals surface area contributed by atoms with Gasteiger partial charge in [0.15, 0.2) is 5.13 Å². The molecule has 0 bridgehead atoms. The average molecular weight is 502 g/mol. The maximum absolute atomic E-state index is 13.7. The van der Waals surface area contributed by atoms with E-state index < -0.39 is 10.0 Å². The van der Waals surface area contributed by atoms with Crippen molar-refractivity contribution in [2.45, 2.75) is 25.3 Å². The minimum absolute atomic E-state index is 0.131. The summed E-state index contributed by atoms with van der Waals surface area (Å²) in [5.74, 6) is -0.708. The lowest BCUT2D eigenvalue weighted by Crippen LogP contribution is -2.34. The topological polar surface area (TPSA) is 88.4 Å². The summed E-state index contributed by atoms with van der Waals surface area (Å²) in [5.41, 5.74) is 0.920. The lowest BCUT2D eigenvalue weighted by molar-refractivity contribution is 0.0985. The maximum Gasteiger partial charge on any atom is 0.260 e. The van der Waals surface area contributed by atoms with Crippen LogP contribution in [0.4, 0.5) is 9.52 Å². The van der Waals surface area contributed by atoms with Gasteiger partial charge in [-0.1, -0.05) is 25.2 Å². The molecule has 0 N–H and O–H groups in total. The molecule has 0 atom stereocenters. The smallest absolute Gasteiger partial charge is 0.260 e. The molecule has 0 fully saturated rings. The van der Waals surface area contributed by atoms with Crippen molar-refractivity contribution in [3.05, 3.63) is 72.3 Å².